The average Bonchev–Trinajstić information content (AvgIpc) is 2.96. The fourth-order valence-electron chi connectivity index (χ4n) is 1.99. The summed E-state index contributed by atoms with van der Waals surface area (Å²) in [5, 5.41) is 5.58. The number of aromatic nitrogens is 2. The van der Waals surface area contributed by atoms with Crippen molar-refractivity contribution in [3.8, 4) is 0 Å². The van der Waals surface area contributed by atoms with Crippen LogP contribution in [-0.2, 0) is 13.0 Å². The summed E-state index contributed by atoms with van der Waals surface area (Å²) in [5.41, 5.74) is 1.26. The van der Waals surface area contributed by atoms with E-state index in [1.165, 1.54) is 10.6 Å². The van der Waals surface area contributed by atoms with Crippen LogP contribution < -0.4 is 5.32 Å². The minimum Gasteiger partial charge on any atom is -0.330 e. The molecule has 18 heavy (non-hydrogen) atoms. The van der Waals surface area contributed by atoms with Crippen molar-refractivity contribution in [2.45, 2.75) is 45.8 Å². The molecule has 2 aromatic rings. The van der Waals surface area contributed by atoms with E-state index in [0.717, 1.165) is 13.0 Å². The second-order valence-corrected chi connectivity index (χ2v) is 5.99. The van der Waals surface area contributed by atoms with Crippen LogP contribution in [0.2, 0.25) is 0 Å². The largest absolute Gasteiger partial charge is 0.330 e. The van der Waals surface area contributed by atoms with Crippen LogP contribution in [0, 0.1) is 0 Å². The number of thiophene rings is 1. The van der Waals surface area contributed by atoms with Gasteiger partial charge in [0.1, 0.15) is 0 Å². The van der Waals surface area contributed by atoms with Crippen molar-refractivity contribution in [3.63, 3.8) is 0 Å². The van der Waals surface area contributed by atoms with Crippen molar-refractivity contribution < 1.29 is 0 Å². The number of nitrogens with zero attached hydrogens (tertiary/aromatic N) is 2. The Kier molecular flexibility index (Phi) is 4.55. The molecule has 1 atom stereocenters. The lowest BCUT2D eigenvalue weighted by Gasteiger charge is -2.17. The Hall–Kier alpha value is -1.13. The molecule has 4 heteroatoms. The number of hydrogen-bond acceptors (Lipinski definition) is 3. The zero-order valence-corrected chi connectivity index (χ0v) is 12.1. The van der Waals surface area contributed by atoms with Crippen LogP contribution in [0.5, 0.6) is 0 Å². The second kappa shape index (κ2) is 6.16. The lowest BCUT2D eigenvalue weighted by atomic mass is 10.2. The van der Waals surface area contributed by atoms with Crippen molar-refractivity contribution in [1.82, 2.24) is 14.9 Å². The van der Waals surface area contributed by atoms with Crippen LogP contribution in [0.3, 0.4) is 0 Å². The molecule has 0 aliphatic rings. The van der Waals surface area contributed by atoms with E-state index in [9.17, 15) is 0 Å². The predicted molar refractivity (Wildman–Crippen MR) is 76.9 cm³/mol. The first-order chi connectivity index (χ1) is 8.66. The second-order valence-electron chi connectivity index (χ2n) is 4.96. The molecule has 2 heterocycles. The van der Waals surface area contributed by atoms with Gasteiger partial charge in [-0.15, -0.1) is 11.3 Å². The summed E-state index contributed by atoms with van der Waals surface area (Å²) in [7, 11) is 0. The molecule has 1 N–H and O–H groups in total. The minimum atomic E-state index is 0.454. The lowest BCUT2D eigenvalue weighted by Crippen LogP contribution is -2.24. The Morgan fingerprint density at radius 3 is 2.89 bits per heavy atom. The van der Waals surface area contributed by atoms with Crippen LogP contribution in [0.1, 0.15) is 37.4 Å². The van der Waals surface area contributed by atoms with Gasteiger partial charge < -0.3 is 9.88 Å². The predicted octanol–water partition coefficient (Wildman–Crippen LogP) is 3.25. The van der Waals surface area contributed by atoms with Gasteiger partial charge in [-0.1, -0.05) is 19.9 Å². The first-order valence-corrected chi connectivity index (χ1v) is 7.31. The summed E-state index contributed by atoms with van der Waals surface area (Å²) in [4.78, 5) is 5.71. The third-order valence-corrected chi connectivity index (χ3v) is 3.89. The molecule has 0 aliphatic carbocycles. The Labute approximate surface area is 113 Å². The van der Waals surface area contributed by atoms with Crippen molar-refractivity contribution in [2.75, 3.05) is 0 Å². The van der Waals surface area contributed by atoms with Crippen LogP contribution in [0.15, 0.2) is 30.0 Å². The van der Waals surface area contributed by atoms with Gasteiger partial charge in [-0.05, 0) is 18.4 Å². The highest BCUT2D eigenvalue weighted by atomic mass is 32.1. The number of hydrogen-bond donors (Lipinski definition) is 1. The normalized spacial score (nSPS) is 13.1. The SMILES string of the molecule is CC(C)NCc1cncn1C(C)Cc1cccs1. The molecule has 98 valence electrons. The molecule has 0 spiro atoms. The zero-order chi connectivity index (χ0) is 13.0. The van der Waals surface area contributed by atoms with E-state index in [-0.39, 0.29) is 0 Å². The molecule has 0 bridgehead atoms. The van der Waals surface area contributed by atoms with Gasteiger partial charge in [0.15, 0.2) is 0 Å². The molecule has 0 aromatic carbocycles. The van der Waals surface area contributed by atoms with Crippen molar-refractivity contribution in [3.05, 3.63) is 40.6 Å². The molecule has 0 amide bonds. The summed E-state index contributed by atoms with van der Waals surface area (Å²) in [5.74, 6) is 0. The highest BCUT2D eigenvalue weighted by Gasteiger charge is 2.10. The molecule has 0 saturated heterocycles. The van der Waals surface area contributed by atoms with E-state index in [0.29, 0.717) is 12.1 Å². The highest BCUT2D eigenvalue weighted by Crippen LogP contribution is 2.19. The van der Waals surface area contributed by atoms with E-state index in [2.05, 4.69) is 53.2 Å². The van der Waals surface area contributed by atoms with Gasteiger partial charge in [0, 0.05) is 36.1 Å². The third-order valence-electron chi connectivity index (χ3n) is 2.99. The molecule has 0 aliphatic heterocycles. The monoisotopic (exact) mass is 263 g/mol. The van der Waals surface area contributed by atoms with E-state index in [1.807, 2.05) is 23.9 Å². The number of imidazole rings is 1. The molecular weight excluding hydrogens is 242 g/mol. The van der Waals surface area contributed by atoms with Crippen LogP contribution in [0.4, 0.5) is 0 Å². The van der Waals surface area contributed by atoms with Gasteiger partial charge in [-0.25, -0.2) is 4.98 Å². The summed E-state index contributed by atoms with van der Waals surface area (Å²) >= 11 is 1.82. The third kappa shape index (κ3) is 3.43. The average molecular weight is 263 g/mol. The van der Waals surface area contributed by atoms with E-state index in [1.54, 1.807) is 0 Å². The fraction of sp³-hybridized carbons (Fsp3) is 0.500. The van der Waals surface area contributed by atoms with Gasteiger partial charge in [-0.3, -0.25) is 0 Å². The van der Waals surface area contributed by atoms with Crippen LogP contribution >= 0.6 is 11.3 Å². The number of rotatable bonds is 6. The van der Waals surface area contributed by atoms with Crippen LogP contribution in [0.25, 0.3) is 0 Å². The Morgan fingerprint density at radius 1 is 1.39 bits per heavy atom. The van der Waals surface area contributed by atoms with Gasteiger partial charge >= 0.3 is 0 Å². The smallest absolute Gasteiger partial charge is 0.0951 e. The van der Waals surface area contributed by atoms with Crippen molar-refractivity contribution in [2.24, 2.45) is 0 Å². The maximum Gasteiger partial charge on any atom is 0.0951 e. The topological polar surface area (TPSA) is 29.9 Å². The molecule has 0 fully saturated rings. The van der Waals surface area contributed by atoms with Crippen LogP contribution in [-0.4, -0.2) is 15.6 Å². The van der Waals surface area contributed by atoms with Crippen molar-refractivity contribution in [1.29, 1.82) is 0 Å². The number of nitrogens with one attached hydrogen (secondary N) is 1. The van der Waals surface area contributed by atoms with Crippen molar-refractivity contribution >= 4 is 11.3 Å². The van der Waals surface area contributed by atoms with Gasteiger partial charge in [0.25, 0.3) is 0 Å². The lowest BCUT2D eigenvalue weighted by molar-refractivity contribution is 0.499. The van der Waals surface area contributed by atoms with Gasteiger partial charge in [0.05, 0.1) is 12.0 Å². The summed E-state index contributed by atoms with van der Waals surface area (Å²) in [6.07, 6.45) is 4.97. The Morgan fingerprint density at radius 2 is 2.22 bits per heavy atom. The fourth-order valence-corrected chi connectivity index (χ4v) is 2.82. The Balaban J connectivity index is 2.01. The molecular formula is C14H21N3S. The molecule has 2 aromatic heterocycles. The van der Waals surface area contributed by atoms with E-state index < -0.39 is 0 Å². The molecule has 2 rings (SSSR count). The molecule has 0 saturated carbocycles. The summed E-state index contributed by atoms with van der Waals surface area (Å²) in [6.45, 7) is 7.46. The minimum absolute atomic E-state index is 0.454. The quantitative estimate of drug-likeness (QED) is 0.867. The molecule has 3 nitrogen and oxygen atoms in total. The zero-order valence-electron chi connectivity index (χ0n) is 11.3. The molecule has 0 radical (unpaired) electrons. The summed E-state index contributed by atoms with van der Waals surface area (Å²) in [6, 6.07) is 5.27. The summed E-state index contributed by atoms with van der Waals surface area (Å²) < 4.78 is 2.27. The van der Waals surface area contributed by atoms with E-state index >= 15 is 0 Å². The maximum atomic E-state index is 4.28. The highest BCUT2D eigenvalue weighted by molar-refractivity contribution is 7.09. The standard InChI is InChI=1S/C14H21N3S/c1-11(2)16-9-13-8-15-10-17(13)12(3)7-14-5-4-6-18-14/h4-6,8,10-12,16H,7,9H2,1-3H3. The molecule has 1 unspecified atom stereocenters. The first-order valence-electron chi connectivity index (χ1n) is 6.43. The first kappa shape index (κ1) is 13.3. The Bertz CT molecular complexity index is 459. The maximum absolute atomic E-state index is 4.28. The van der Waals surface area contributed by atoms with Gasteiger partial charge in [-0.2, -0.15) is 0 Å². The van der Waals surface area contributed by atoms with Gasteiger partial charge in [0.2, 0.25) is 0 Å². The van der Waals surface area contributed by atoms with E-state index in [4.69, 9.17) is 0 Å².